The predicted octanol–water partition coefficient (Wildman–Crippen LogP) is 3.34. The zero-order chi connectivity index (χ0) is 25.5. The van der Waals surface area contributed by atoms with Gasteiger partial charge in [-0.2, -0.15) is 9.67 Å². The summed E-state index contributed by atoms with van der Waals surface area (Å²) in [6.07, 6.45) is 1.29. The molecule has 3 aromatic carbocycles. The third-order valence-electron chi connectivity index (χ3n) is 5.08. The number of hydrazone groups is 1. The summed E-state index contributed by atoms with van der Waals surface area (Å²) in [5.74, 6) is 1.05. The Bertz CT molecular complexity index is 1370. The summed E-state index contributed by atoms with van der Waals surface area (Å²) in [5, 5.41) is 24.7. The Morgan fingerprint density at radius 1 is 1.14 bits per heavy atom. The fourth-order valence-electron chi connectivity index (χ4n) is 3.30. The lowest BCUT2D eigenvalue weighted by Gasteiger charge is -2.14. The minimum atomic E-state index is -0.358. The van der Waals surface area contributed by atoms with Crippen LogP contribution in [0.25, 0.3) is 17.1 Å². The van der Waals surface area contributed by atoms with Gasteiger partial charge in [0.25, 0.3) is 11.7 Å². The average molecular weight is 524 g/mol. The second-order valence-corrected chi connectivity index (χ2v) is 8.73. The third-order valence-corrected chi connectivity index (χ3v) is 6.27. The van der Waals surface area contributed by atoms with Crippen LogP contribution in [0.1, 0.15) is 5.56 Å². The number of carbonyl (C=O) groups excluding carboxylic acids is 1. The lowest BCUT2D eigenvalue weighted by atomic mass is 10.2. The molecule has 9 nitrogen and oxygen atoms in total. The first-order valence-corrected chi connectivity index (χ1v) is 12.1. The Labute approximate surface area is 216 Å². The molecule has 0 atom stereocenters. The number of halogens is 1. The maximum absolute atomic E-state index is 12.4. The monoisotopic (exact) mass is 523 g/mol. The number of thioether (sulfide) groups is 1. The smallest absolute Gasteiger partial charge is 0.342 e. The number of H-pyrrole nitrogens is 1. The molecule has 0 fully saturated rings. The predicted molar refractivity (Wildman–Crippen MR) is 136 cm³/mol. The van der Waals surface area contributed by atoms with E-state index in [0.717, 1.165) is 22.8 Å². The standard InChI is InChI=1S/C25H22ClN5O4S/c1-34-20-12-6-16(7-13-20)24-29-30-25(31(24)19-10-8-18(26)9-11-19)36-15-22(32)28-27-14-17-4-3-5-21(35-2)23(17)33/h3-14H,15H2,1-2H3,(H2,27,28,32,33). The van der Waals surface area contributed by atoms with Gasteiger partial charge in [0, 0.05) is 5.02 Å². The summed E-state index contributed by atoms with van der Waals surface area (Å²) in [5.41, 5.74) is 4.44. The van der Waals surface area contributed by atoms with Crippen LogP contribution in [0.2, 0.25) is 5.02 Å². The minimum absolute atomic E-state index is 0.0418. The zero-order valence-electron chi connectivity index (χ0n) is 19.4. The molecule has 36 heavy (non-hydrogen) atoms. The van der Waals surface area contributed by atoms with E-state index >= 15 is 0 Å². The molecule has 1 amide bonds. The van der Waals surface area contributed by atoms with Crippen molar-refractivity contribution in [2.45, 2.75) is 5.16 Å². The van der Waals surface area contributed by atoms with E-state index in [1.54, 1.807) is 37.4 Å². The molecule has 184 valence electrons. The van der Waals surface area contributed by atoms with Crippen LogP contribution in [0, 0.1) is 0 Å². The van der Waals surface area contributed by atoms with Crippen LogP contribution in [0.3, 0.4) is 0 Å². The first kappa shape index (κ1) is 25.1. The van der Waals surface area contributed by atoms with Gasteiger partial charge < -0.3 is 14.6 Å². The second-order valence-electron chi connectivity index (χ2n) is 7.36. The van der Waals surface area contributed by atoms with Crippen molar-refractivity contribution in [3.8, 4) is 34.3 Å². The van der Waals surface area contributed by atoms with Crippen molar-refractivity contribution in [3.05, 3.63) is 77.3 Å². The van der Waals surface area contributed by atoms with E-state index in [0.29, 0.717) is 15.7 Å². The number of ether oxygens (including phenoxy) is 2. The summed E-state index contributed by atoms with van der Waals surface area (Å²) in [6, 6.07) is 19.7. The number of rotatable bonds is 9. The summed E-state index contributed by atoms with van der Waals surface area (Å²) < 4.78 is 12.2. The topological polar surface area (TPSA) is 116 Å². The van der Waals surface area contributed by atoms with Crippen molar-refractivity contribution in [3.63, 3.8) is 0 Å². The molecule has 11 heteroatoms. The second kappa shape index (κ2) is 11.6. The molecule has 0 aliphatic heterocycles. The van der Waals surface area contributed by atoms with Gasteiger partial charge in [0.05, 0.1) is 36.8 Å². The van der Waals surface area contributed by atoms with Gasteiger partial charge in [0.1, 0.15) is 17.2 Å². The van der Waals surface area contributed by atoms with Gasteiger partial charge in [-0.25, -0.2) is 5.43 Å². The van der Waals surface area contributed by atoms with E-state index in [4.69, 9.17) is 21.1 Å². The van der Waals surface area contributed by atoms with Crippen LogP contribution in [0.4, 0.5) is 0 Å². The van der Waals surface area contributed by atoms with Crippen molar-refractivity contribution >= 4 is 35.5 Å². The molecule has 1 heterocycles. The summed E-state index contributed by atoms with van der Waals surface area (Å²) in [7, 11) is 3.03. The molecule has 0 aliphatic carbocycles. The molecule has 4 aromatic rings. The fourth-order valence-corrected chi connectivity index (χ4v) is 4.18. The number of carbonyl (C=O) groups is 1. The molecule has 4 rings (SSSR count). The molecule has 0 radical (unpaired) electrons. The Kier molecular flexibility index (Phi) is 8.09. The van der Waals surface area contributed by atoms with Gasteiger partial charge in [0.15, 0.2) is 0 Å². The van der Waals surface area contributed by atoms with Gasteiger partial charge in [-0.15, -0.1) is 5.10 Å². The average Bonchev–Trinajstić information content (AvgIpc) is 3.33. The van der Waals surface area contributed by atoms with E-state index in [1.165, 1.54) is 25.1 Å². The van der Waals surface area contributed by atoms with Crippen LogP contribution in [0.5, 0.6) is 17.2 Å². The minimum Gasteiger partial charge on any atom is -0.870 e. The van der Waals surface area contributed by atoms with Crippen LogP contribution in [-0.2, 0) is 4.79 Å². The Morgan fingerprint density at radius 3 is 2.58 bits per heavy atom. The molecular weight excluding hydrogens is 502 g/mol. The van der Waals surface area contributed by atoms with Crippen molar-refractivity contribution in [1.82, 2.24) is 15.6 Å². The Hall–Kier alpha value is -4.02. The number of nitrogens with zero attached hydrogens (tertiary/aromatic N) is 3. The molecule has 0 saturated heterocycles. The Balaban J connectivity index is 1.51. The lowest BCUT2D eigenvalue weighted by Crippen LogP contribution is -2.34. The van der Waals surface area contributed by atoms with Gasteiger partial charge in [-0.05, 0) is 71.9 Å². The normalized spacial score (nSPS) is 11.0. The number of benzene rings is 3. The van der Waals surface area contributed by atoms with Crippen molar-refractivity contribution in [1.29, 1.82) is 0 Å². The zero-order valence-corrected chi connectivity index (χ0v) is 21.0. The summed E-state index contributed by atoms with van der Waals surface area (Å²) >= 11 is 7.31. The molecule has 2 N–H and O–H groups in total. The van der Waals surface area contributed by atoms with Crippen molar-refractivity contribution < 1.29 is 23.9 Å². The molecule has 0 aliphatic rings. The number of hydrogen-bond donors (Lipinski definition) is 2. The van der Waals surface area contributed by atoms with Gasteiger partial charge in [-0.3, -0.25) is 4.79 Å². The van der Waals surface area contributed by atoms with Crippen molar-refractivity contribution in [2.75, 3.05) is 20.0 Å². The Morgan fingerprint density at radius 2 is 1.89 bits per heavy atom. The van der Waals surface area contributed by atoms with Crippen LogP contribution in [-0.4, -0.2) is 42.3 Å². The van der Waals surface area contributed by atoms with Gasteiger partial charge in [0.2, 0.25) is 0 Å². The van der Waals surface area contributed by atoms with Gasteiger partial charge >= 0.3 is 5.16 Å². The van der Waals surface area contributed by atoms with Crippen LogP contribution >= 0.6 is 23.4 Å². The first-order chi connectivity index (χ1) is 17.5. The molecule has 1 aromatic heterocycles. The fraction of sp³-hybridized carbons (Fsp3) is 0.120. The van der Waals surface area contributed by atoms with Crippen LogP contribution < -0.4 is 24.6 Å². The van der Waals surface area contributed by atoms with E-state index in [9.17, 15) is 9.90 Å². The highest BCUT2D eigenvalue weighted by molar-refractivity contribution is 7.99. The van der Waals surface area contributed by atoms with E-state index < -0.39 is 0 Å². The number of nitrogens with one attached hydrogen (secondary N) is 2. The quantitative estimate of drug-likeness (QED) is 0.150. The molecule has 0 unspecified atom stereocenters. The van der Waals surface area contributed by atoms with E-state index in [-0.39, 0.29) is 23.2 Å². The number of amides is 1. The van der Waals surface area contributed by atoms with Crippen LogP contribution in [0.15, 0.2) is 77.0 Å². The largest absolute Gasteiger partial charge is 0.870 e. The number of methoxy groups -OCH3 is 2. The molecule has 0 saturated carbocycles. The van der Waals surface area contributed by atoms with Crippen molar-refractivity contribution in [2.24, 2.45) is 5.10 Å². The number of aromatic amines is 1. The number of hydrogen-bond acceptors (Lipinski definition) is 7. The third kappa shape index (κ3) is 5.78. The maximum Gasteiger partial charge on any atom is 0.342 e. The lowest BCUT2D eigenvalue weighted by molar-refractivity contribution is -0.625. The molecular formula is C25H22ClN5O4S. The van der Waals surface area contributed by atoms with Gasteiger partial charge in [-0.1, -0.05) is 29.5 Å². The van der Waals surface area contributed by atoms with E-state index in [1.807, 2.05) is 41.0 Å². The highest BCUT2D eigenvalue weighted by atomic mass is 35.5. The highest BCUT2D eigenvalue weighted by Gasteiger charge is 2.24. The molecule has 0 bridgehead atoms. The number of aromatic nitrogens is 3. The summed E-state index contributed by atoms with van der Waals surface area (Å²) in [4.78, 5) is 12.4. The highest BCUT2D eigenvalue weighted by Crippen LogP contribution is 2.25. The number of para-hydroxylation sites is 1. The van der Waals surface area contributed by atoms with E-state index in [2.05, 4.69) is 20.7 Å². The first-order valence-electron chi connectivity index (χ1n) is 10.7. The molecule has 0 spiro atoms. The maximum atomic E-state index is 12.4. The SMILES string of the molecule is COc1ccc(-c2[nH]nc(SCC(=O)N/N=C/c3cccc(OC)c3[O-])[n+]2-c2ccc(Cl)cc2)cc1. The summed E-state index contributed by atoms with van der Waals surface area (Å²) in [6.45, 7) is 0.